The van der Waals surface area contributed by atoms with Crippen LogP contribution in [0.3, 0.4) is 0 Å². The molecule has 0 radical (unpaired) electrons. The van der Waals surface area contributed by atoms with Crippen LogP contribution in [0.25, 0.3) is 0 Å². The summed E-state index contributed by atoms with van der Waals surface area (Å²) in [6.07, 6.45) is 4.63. The molecule has 0 saturated carbocycles. The lowest BCUT2D eigenvalue weighted by Gasteiger charge is -2.28. The molecule has 1 heterocycles. The van der Waals surface area contributed by atoms with Crippen molar-refractivity contribution in [2.75, 3.05) is 24.0 Å². The van der Waals surface area contributed by atoms with Crippen LogP contribution in [-0.2, 0) is 6.54 Å². The zero-order valence-electron chi connectivity index (χ0n) is 10.6. The number of anilines is 1. The molecule has 0 aliphatic rings. The van der Waals surface area contributed by atoms with Gasteiger partial charge in [-0.2, -0.15) is 11.8 Å². The maximum absolute atomic E-state index is 14.1. The quantitative estimate of drug-likeness (QED) is 0.849. The van der Waals surface area contributed by atoms with Crippen molar-refractivity contribution in [1.29, 1.82) is 0 Å². The van der Waals surface area contributed by atoms with Crippen molar-refractivity contribution in [2.24, 2.45) is 5.73 Å². The minimum absolute atomic E-state index is 0.203. The first kappa shape index (κ1) is 14.3. The molecule has 0 fully saturated rings. The molecule has 0 spiro atoms. The Bertz CT molecular complexity index is 360. The predicted octanol–water partition coefficient (Wildman–Crippen LogP) is 2.26. The van der Waals surface area contributed by atoms with E-state index in [1.54, 1.807) is 24.0 Å². The molecule has 0 aromatic carbocycles. The maximum Gasteiger partial charge on any atom is 0.170 e. The molecule has 1 unspecified atom stereocenters. The van der Waals surface area contributed by atoms with Crippen LogP contribution >= 0.6 is 11.8 Å². The van der Waals surface area contributed by atoms with Crippen LogP contribution in [0.2, 0.25) is 0 Å². The molecular weight excluding hydrogens is 237 g/mol. The summed E-state index contributed by atoms with van der Waals surface area (Å²) in [6, 6.07) is 1.92. The number of halogens is 1. The first-order chi connectivity index (χ1) is 8.15. The Kier molecular flexibility index (Phi) is 5.71. The average molecular weight is 257 g/mol. The SMILES string of the molecule is CCC(CSC)N(C)c1nccc(CN)c1F. The van der Waals surface area contributed by atoms with Crippen molar-refractivity contribution >= 4 is 17.6 Å². The van der Waals surface area contributed by atoms with E-state index in [2.05, 4.69) is 18.2 Å². The molecular formula is C12H20FN3S. The number of nitrogens with zero attached hydrogens (tertiary/aromatic N) is 2. The highest BCUT2D eigenvalue weighted by atomic mass is 32.2. The van der Waals surface area contributed by atoms with E-state index in [1.807, 2.05) is 11.9 Å². The Morgan fingerprint density at radius 1 is 1.59 bits per heavy atom. The molecule has 96 valence electrons. The monoisotopic (exact) mass is 257 g/mol. The van der Waals surface area contributed by atoms with Crippen LogP contribution in [0, 0.1) is 5.82 Å². The third-order valence-electron chi connectivity index (χ3n) is 2.88. The van der Waals surface area contributed by atoms with E-state index in [0.717, 1.165) is 12.2 Å². The highest BCUT2D eigenvalue weighted by molar-refractivity contribution is 7.98. The van der Waals surface area contributed by atoms with Crippen LogP contribution in [0.1, 0.15) is 18.9 Å². The van der Waals surface area contributed by atoms with Crippen LogP contribution in [0.15, 0.2) is 12.3 Å². The number of hydrogen-bond donors (Lipinski definition) is 1. The Hall–Kier alpha value is -0.810. The normalized spacial score (nSPS) is 12.5. The fraction of sp³-hybridized carbons (Fsp3) is 0.583. The molecule has 17 heavy (non-hydrogen) atoms. The lowest BCUT2D eigenvalue weighted by atomic mass is 10.2. The smallest absolute Gasteiger partial charge is 0.170 e. The van der Waals surface area contributed by atoms with Gasteiger partial charge < -0.3 is 10.6 Å². The van der Waals surface area contributed by atoms with E-state index >= 15 is 0 Å². The third-order valence-corrected chi connectivity index (χ3v) is 3.60. The molecule has 5 heteroatoms. The zero-order valence-corrected chi connectivity index (χ0v) is 11.4. The summed E-state index contributed by atoms with van der Waals surface area (Å²) in [5.74, 6) is 1.06. The van der Waals surface area contributed by atoms with Gasteiger partial charge in [0.25, 0.3) is 0 Å². The van der Waals surface area contributed by atoms with E-state index in [4.69, 9.17) is 5.73 Å². The number of pyridine rings is 1. The number of hydrogen-bond acceptors (Lipinski definition) is 4. The first-order valence-corrected chi connectivity index (χ1v) is 7.10. The van der Waals surface area contributed by atoms with Gasteiger partial charge in [0, 0.05) is 37.1 Å². The summed E-state index contributed by atoms with van der Waals surface area (Å²) >= 11 is 1.76. The Morgan fingerprint density at radius 2 is 2.29 bits per heavy atom. The van der Waals surface area contributed by atoms with Crippen molar-refractivity contribution in [3.05, 3.63) is 23.6 Å². The first-order valence-electron chi connectivity index (χ1n) is 5.70. The van der Waals surface area contributed by atoms with Crippen LogP contribution in [-0.4, -0.2) is 30.1 Å². The zero-order chi connectivity index (χ0) is 12.8. The second-order valence-electron chi connectivity index (χ2n) is 3.94. The van der Waals surface area contributed by atoms with Gasteiger partial charge in [-0.1, -0.05) is 6.92 Å². The van der Waals surface area contributed by atoms with Gasteiger partial charge in [-0.05, 0) is 18.7 Å². The van der Waals surface area contributed by atoms with Gasteiger partial charge in [-0.15, -0.1) is 0 Å². The molecule has 1 rings (SSSR count). The molecule has 0 aliphatic carbocycles. The lowest BCUT2D eigenvalue weighted by Crippen LogP contribution is -2.34. The number of nitrogens with two attached hydrogens (primary N) is 1. The molecule has 1 aromatic rings. The topological polar surface area (TPSA) is 42.2 Å². The van der Waals surface area contributed by atoms with Gasteiger partial charge in [0.15, 0.2) is 11.6 Å². The van der Waals surface area contributed by atoms with E-state index in [-0.39, 0.29) is 12.4 Å². The Labute approximate surface area is 107 Å². The summed E-state index contributed by atoms with van der Waals surface area (Å²) in [5, 5.41) is 0. The molecule has 1 atom stereocenters. The van der Waals surface area contributed by atoms with E-state index in [0.29, 0.717) is 17.4 Å². The molecule has 2 N–H and O–H groups in total. The van der Waals surface area contributed by atoms with Crippen molar-refractivity contribution in [2.45, 2.75) is 25.9 Å². The number of aromatic nitrogens is 1. The molecule has 0 aliphatic heterocycles. The van der Waals surface area contributed by atoms with E-state index in [9.17, 15) is 4.39 Å². The molecule has 0 bridgehead atoms. The van der Waals surface area contributed by atoms with Crippen LogP contribution < -0.4 is 10.6 Å². The van der Waals surface area contributed by atoms with Crippen LogP contribution in [0.5, 0.6) is 0 Å². The third kappa shape index (κ3) is 3.33. The van der Waals surface area contributed by atoms with Crippen LogP contribution in [0.4, 0.5) is 10.2 Å². The number of rotatable bonds is 6. The van der Waals surface area contributed by atoms with E-state index < -0.39 is 0 Å². The van der Waals surface area contributed by atoms with E-state index in [1.165, 1.54) is 0 Å². The van der Waals surface area contributed by atoms with Gasteiger partial charge >= 0.3 is 0 Å². The minimum atomic E-state index is -0.294. The van der Waals surface area contributed by atoms with Crippen molar-refractivity contribution in [1.82, 2.24) is 4.98 Å². The predicted molar refractivity (Wildman–Crippen MR) is 73.0 cm³/mol. The highest BCUT2D eigenvalue weighted by Gasteiger charge is 2.18. The summed E-state index contributed by atoms with van der Waals surface area (Å²) in [4.78, 5) is 6.03. The van der Waals surface area contributed by atoms with Crippen molar-refractivity contribution < 1.29 is 4.39 Å². The second-order valence-corrected chi connectivity index (χ2v) is 4.85. The summed E-state index contributed by atoms with van der Waals surface area (Å²) < 4.78 is 14.1. The minimum Gasteiger partial charge on any atom is -0.353 e. The molecule has 0 amide bonds. The van der Waals surface area contributed by atoms with Gasteiger partial charge in [-0.3, -0.25) is 0 Å². The second kappa shape index (κ2) is 6.81. The Balaban J connectivity index is 2.98. The maximum atomic E-state index is 14.1. The van der Waals surface area contributed by atoms with Gasteiger partial charge in [-0.25, -0.2) is 9.37 Å². The Morgan fingerprint density at radius 3 is 2.82 bits per heavy atom. The fourth-order valence-electron chi connectivity index (χ4n) is 1.74. The summed E-state index contributed by atoms with van der Waals surface area (Å²) in [5.41, 5.74) is 6.01. The fourth-order valence-corrected chi connectivity index (χ4v) is 2.59. The lowest BCUT2D eigenvalue weighted by molar-refractivity contribution is 0.580. The average Bonchev–Trinajstić information content (AvgIpc) is 2.35. The highest BCUT2D eigenvalue weighted by Crippen LogP contribution is 2.22. The van der Waals surface area contributed by atoms with Gasteiger partial charge in [0.2, 0.25) is 0 Å². The largest absolute Gasteiger partial charge is 0.353 e. The molecule has 3 nitrogen and oxygen atoms in total. The summed E-state index contributed by atoms with van der Waals surface area (Å²) in [6.45, 7) is 2.30. The van der Waals surface area contributed by atoms with Crippen molar-refractivity contribution in [3.63, 3.8) is 0 Å². The van der Waals surface area contributed by atoms with Gasteiger partial charge in [0.1, 0.15) is 0 Å². The standard InChI is InChI=1S/C12H20FN3S/c1-4-10(8-17-3)16(2)12-11(13)9(7-14)5-6-15-12/h5-6,10H,4,7-8,14H2,1-3H3. The molecule has 1 aromatic heterocycles. The number of thioether (sulfide) groups is 1. The van der Waals surface area contributed by atoms with Gasteiger partial charge in [0.05, 0.1) is 0 Å². The summed E-state index contributed by atoms with van der Waals surface area (Å²) in [7, 11) is 1.89. The van der Waals surface area contributed by atoms with Crippen molar-refractivity contribution in [3.8, 4) is 0 Å². The molecule has 0 saturated heterocycles.